The fraction of sp³-hybridized carbons (Fsp3) is 0.323. The number of fused-ring (bicyclic) bond motifs is 2. The van der Waals surface area contributed by atoms with Crippen molar-refractivity contribution in [2.24, 2.45) is 0 Å². The number of amides is 1. The minimum atomic E-state index is 0.148. The van der Waals surface area contributed by atoms with Crippen molar-refractivity contribution < 1.29 is 4.79 Å². The number of carbonyl (C=O) groups is 1. The molecule has 8 heteroatoms. The van der Waals surface area contributed by atoms with Crippen LogP contribution in [0.1, 0.15) is 41.6 Å². The zero-order valence-corrected chi connectivity index (χ0v) is 22.0. The molecule has 0 aliphatic carbocycles. The summed E-state index contributed by atoms with van der Waals surface area (Å²) < 4.78 is 0. The molecular formula is C31H33N7O. The van der Waals surface area contributed by atoms with Crippen molar-refractivity contribution in [1.29, 1.82) is 0 Å². The molecule has 2 N–H and O–H groups in total. The number of nitrogens with zero attached hydrogens (tertiary/aromatic N) is 5. The first kappa shape index (κ1) is 24.1. The fourth-order valence-electron chi connectivity index (χ4n) is 6.12. The van der Waals surface area contributed by atoms with E-state index in [2.05, 4.69) is 50.0 Å². The van der Waals surface area contributed by atoms with Crippen LogP contribution >= 0.6 is 0 Å². The Bertz CT molecular complexity index is 1500. The Morgan fingerprint density at radius 1 is 0.949 bits per heavy atom. The monoisotopic (exact) mass is 519 g/mol. The summed E-state index contributed by atoms with van der Waals surface area (Å²) in [6.45, 7) is 4.86. The zero-order valence-electron chi connectivity index (χ0n) is 22.0. The Balaban J connectivity index is 1.07. The fourth-order valence-corrected chi connectivity index (χ4v) is 6.12. The van der Waals surface area contributed by atoms with Gasteiger partial charge in [0.25, 0.3) is 5.91 Å². The van der Waals surface area contributed by atoms with E-state index in [9.17, 15) is 4.79 Å². The summed E-state index contributed by atoms with van der Waals surface area (Å²) in [6.07, 6.45) is 6.58. The van der Waals surface area contributed by atoms with E-state index in [4.69, 9.17) is 4.98 Å². The minimum Gasteiger partial charge on any atom is -0.334 e. The molecule has 198 valence electrons. The molecule has 3 aliphatic heterocycles. The van der Waals surface area contributed by atoms with Gasteiger partial charge in [-0.3, -0.25) is 14.8 Å². The van der Waals surface area contributed by atoms with Gasteiger partial charge in [-0.2, -0.15) is 0 Å². The SMILES string of the molecule is O=C(c1ccc(-c2ccc3c(n2)N(Cc2ccc4ncccc4c2)NN3)cc1)N1CCC[C@H]1CN1CCCC1. The summed E-state index contributed by atoms with van der Waals surface area (Å²) in [5.41, 5.74) is 12.2. The molecule has 2 aromatic heterocycles. The smallest absolute Gasteiger partial charge is 0.254 e. The number of hydrazine groups is 2. The van der Waals surface area contributed by atoms with Crippen LogP contribution < -0.4 is 16.0 Å². The van der Waals surface area contributed by atoms with Crippen LogP contribution in [0.5, 0.6) is 0 Å². The number of pyridine rings is 2. The van der Waals surface area contributed by atoms with Gasteiger partial charge in [0, 0.05) is 41.8 Å². The first-order chi connectivity index (χ1) is 19.2. The van der Waals surface area contributed by atoms with E-state index in [1.165, 1.54) is 25.9 Å². The van der Waals surface area contributed by atoms with Crippen molar-refractivity contribution in [3.8, 4) is 11.3 Å². The molecule has 4 aromatic rings. The number of aromatic nitrogens is 2. The second-order valence-corrected chi connectivity index (χ2v) is 10.8. The zero-order chi connectivity index (χ0) is 26.2. The molecule has 2 fully saturated rings. The third-order valence-corrected chi connectivity index (χ3v) is 8.20. The highest BCUT2D eigenvalue weighted by Crippen LogP contribution is 2.32. The van der Waals surface area contributed by atoms with Gasteiger partial charge in [-0.1, -0.05) is 24.3 Å². The first-order valence-corrected chi connectivity index (χ1v) is 14.0. The van der Waals surface area contributed by atoms with Crippen LogP contribution in [0, 0.1) is 0 Å². The maximum atomic E-state index is 13.4. The molecule has 0 spiro atoms. The molecule has 1 atom stereocenters. The highest BCUT2D eigenvalue weighted by molar-refractivity contribution is 5.95. The number of hydrogen-bond acceptors (Lipinski definition) is 7. The summed E-state index contributed by atoms with van der Waals surface area (Å²) in [5.74, 6) is 0.996. The van der Waals surface area contributed by atoms with Gasteiger partial charge in [0.1, 0.15) is 0 Å². The normalized spacial score (nSPS) is 19.0. The first-order valence-electron chi connectivity index (χ1n) is 14.0. The number of carbonyl (C=O) groups excluding carboxylic acids is 1. The molecule has 5 heterocycles. The quantitative estimate of drug-likeness (QED) is 0.377. The molecule has 0 saturated carbocycles. The van der Waals surface area contributed by atoms with E-state index in [-0.39, 0.29) is 5.91 Å². The molecule has 0 radical (unpaired) electrons. The average Bonchev–Trinajstić information content (AvgIpc) is 3.75. The van der Waals surface area contributed by atoms with E-state index >= 15 is 0 Å². The van der Waals surface area contributed by atoms with E-state index in [0.717, 1.165) is 70.7 Å². The van der Waals surface area contributed by atoms with Gasteiger partial charge < -0.3 is 15.2 Å². The van der Waals surface area contributed by atoms with E-state index < -0.39 is 0 Å². The summed E-state index contributed by atoms with van der Waals surface area (Å²) in [6, 6.07) is 22.7. The molecule has 8 nitrogen and oxygen atoms in total. The minimum absolute atomic E-state index is 0.148. The predicted molar refractivity (Wildman–Crippen MR) is 154 cm³/mol. The lowest BCUT2D eigenvalue weighted by Crippen LogP contribution is -2.42. The second kappa shape index (κ2) is 10.3. The summed E-state index contributed by atoms with van der Waals surface area (Å²) in [7, 11) is 0. The predicted octanol–water partition coefficient (Wildman–Crippen LogP) is 4.85. The van der Waals surface area contributed by atoms with Crippen LogP contribution in [0.15, 0.2) is 72.9 Å². The number of likely N-dealkylation sites (tertiary alicyclic amines) is 2. The molecule has 39 heavy (non-hydrogen) atoms. The molecule has 1 amide bonds. The van der Waals surface area contributed by atoms with E-state index in [1.807, 2.05) is 53.7 Å². The van der Waals surface area contributed by atoms with Gasteiger partial charge >= 0.3 is 0 Å². The molecule has 2 saturated heterocycles. The number of rotatable bonds is 6. The van der Waals surface area contributed by atoms with E-state index in [0.29, 0.717) is 12.6 Å². The van der Waals surface area contributed by atoms with Gasteiger partial charge in [0.15, 0.2) is 5.82 Å². The highest BCUT2D eigenvalue weighted by atomic mass is 16.2. The molecule has 0 bridgehead atoms. The van der Waals surface area contributed by atoms with Crippen molar-refractivity contribution in [1.82, 2.24) is 25.3 Å². The lowest BCUT2D eigenvalue weighted by atomic mass is 10.1. The lowest BCUT2D eigenvalue weighted by Gasteiger charge is -2.28. The van der Waals surface area contributed by atoms with Crippen LogP contribution in [-0.2, 0) is 6.54 Å². The Morgan fingerprint density at radius 2 is 1.82 bits per heavy atom. The molecule has 0 unspecified atom stereocenters. The van der Waals surface area contributed by atoms with Gasteiger partial charge in [-0.25, -0.2) is 4.98 Å². The Hall–Kier alpha value is -4.01. The highest BCUT2D eigenvalue weighted by Gasteiger charge is 2.31. The summed E-state index contributed by atoms with van der Waals surface area (Å²) in [4.78, 5) is 27.4. The van der Waals surface area contributed by atoms with Crippen molar-refractivity contribution in [2.75, 3.05) is 36.6 Å². The van der Waals surface area contributed by atoms with E-state index in [1.54, 1.807) is 0 Å². The summed E-state index contributed by atoms with van der Waals surface area (Å²) in [5, 5.41) is 3.14. The second-order valence-electron chi connectivity index (χ2n) is 10.8. The maximum Gasteiger partial charge on any atom is 0.254 e. The standard InChI is InChI=1S/C31H33N7O/c39-31(37-18-4-6-26(37)21-36-16-1-2-17-36)24-10-8-23(9-11-24)28-13-14-29-30(33-28)38(35-34-29)20-22-7-12-27-25(19-22)5-3-15-32-27/h3,5,7-15,19,26,34-35H,1-2,4,6,16-18,20-21H2/t26-/m0/s1. The molecular weight excluding hydrogens is 486 g/mol. The van der Waals surface area contributed by atoms with Crippen LogP contribution in [-0.4, -0.2) is 57.9 Å². The average molecular weight is 520 g/mol. The van der Waals surface area contributed by atoms with Crippen LogP contribution in [0.3, 0.4) is 0 Å². The Labute approximate surface area is 228 Å². The van der Waals surface area contributed by atoms with Gasteiger partial charge in [0.2, 0.25) is 0 Å². The van der Waals surface area contributed by atoms with Gasteiger partial charge in [-0.05, 0) is 86.8 Å². The van der Waals surface area contributed by atoms with Crippen LogP contribution in [0.25, 0.3) is 22.2 Å². The van der Waals surface area contributed by atoms with Crippen molar-refractivity contribution in [2.45, 2.75) is 38.3 Å². The van der Waals surface area contributed by atoms with Gasteiger partial charge in [0.05, 0.1) is 23.4 Å². The number of nitrogens with one attached hydrogen (secondary N) is 2. The molecule has 2 aromatic carbocycles. The van der Waals surface area contributed by atoms with Crippen LogP contribution in [0.4, 0.5) is 11.5 Å². The Kier molecular flexibility index (Phi) is 6.34. The maximum absolute atomic E-state index is 13.4. The largest absolute Gasteiger partial charge is 0.334 e. The number of hydrogen-bond donors (Lipinski definition) is 2. The molecule has 3 aliphatic rings. The third kappa shape index (κ3) is 4.82. The summed E-state index contributed by atoms with van der Waals surface area (Å²) >= 11 is 0. The molecule has 7 rings (SSSR count). The van der Waals surface area contributed by atoms with Crippen molar-refractivity contribution in [3.63, 3.8) is 0 Å². The van der Waals surface area contributed by atoms with Gasteiger partial charge in [-0.15, -0.1) is 5.53 Å². The number of benzene rings is 2. The Morgan fingerprint density at radius 3 is 2.69 bits per heavy atom. The van der Waals surface area contributed by atoms with Crippen molar-refractivity contribution >= 4 is 28.3 Å². The van der Waals surface area contributed by atoms with Crippen LogP contribution in [0.2, 0.25) is 0 Å². The topological polar surface area (TPSA) is 76.6 Å². The lowest BCUT2D eigenvalue weighted by molar-refractivity contribution is 0.0709. The number of anilines is 2. The third-order valence-electron chi connectivity index (χ3n) is 8.20. The van der Waals surface area contributed by atoms with Crippen molar-refractivity contribution in [3.05, 3.63) is 84.1 Å².